The Morgan fingerprint density at radius 3 is 2.58 bits per heavy atom. The van der Waals surface area contributed by atoms with Crippen LogP contribution in [0.25, 0.3) is 10.9 Å². The van der Waals surface area contributed by atoms with Gasteiger partial charge in [0, 0.05) is 18.1 Å². The third-order valence-corrected chi connectivity index (χ3v) is 3.32. The molecule has 19 heavy (non-hydrogen) atoms. The first-order valence-corrected chi connectivity index (χ1v) is 6.40. The number of anilines is 2. The number of para-hydroxylation sites is 1. The number of aryl methyl sites for hydroxylation is 1. The van der Waals surface area contributed by atoms with Crippen LogP contribution in [0.4, 0.5) is 11.5 Å². The Hall–Kier alpha value is -2.35. The summed E-state index contributed by atoms with van der Waals surface area (Å²) in [4.78, 5) is 6.82. The molecule has 0 saturated heterocycles. The number of nitrogens with zero attached hydrogens (tertiary/aromatic N) is 2. The largest absolute Gasteiger partial charge is 0.329 e. The smallest absolute Gasteiger partial charge is 0.133 e. The molecule has 2 aromatic carbocycles. The molecule has 0 saturated carbocycles. The second-order valence-electron chi connectivity index (χ2n) is 4.76. The van der Waals surface area contributed by atoms with Gasteiger partial charge in [0.05, 0.1) is 5.52 Å². The molecule has 3 aromatic rings. The van der Waals surface area contributed by atoms with E-state index >= 15 is 0 Å². The van der Waals surface area contributed by atoms with Crippen LogP contribution >= 0.6 is 0 Å². The molecular weight excluding hydrogens is 232 g/mol. The van der Waals surface area contributed by atoms with Crippen molar-refractivity contribution in [3.63, 3.8) is 0 Å². The number of pyridine rings is 1. The predicted molar refractivity (Wildman–Crippen MR) is 81.0 cm³/mol. The standard InChI is InChI=1S/C17H16N2/c1-13-6-5-8-15(12-13)19(2)17-11-10-14-7-3-4-9-16(14)18-17/h3-12H,1-2H3. The van der Waals surface area contributed by atoms with Crippen molar-refractivity contribution in [2.75, 3.05) is 11.9 Å². The van der Waals surface area contributed by atoms with Crippen LogP contribution in [0.15, 0.2) is 60.7 Å². The topological polar surface area (TPSA) is 16.1 Å². The van der Waals surface area contributed by atoms with Gasteiger partial charge < -0.3 is 4.90 Å². The molecular formula is C17H16N2. The summed E-state index contributed by atoms with van der Waals surface area (Å²) < 4.78 is 0. The predicted octanol–water partition coefficient (Wildman–Crippen LogP) is 4.31. The zero-order chi connectivity index (χ0) is 13.2. The minimum Gasteiger partial charge on any atom is -0.329 e. The minimum atomic E-state index is 0.962. The van der Waals surface area contributed by atoms with Crippen LogP contribution in [-0.4, -0.2) is 12.0 Å². The second-order valence-corrected chi connectivity index (χ2v) is 4.76. The maximum Gasteiger partial charge on any atom is 0.133 e. The van der Waals surface area contributed by atoms with E-state index in [2.05, 4.69) is 54.3 Å². The van der Waals surface area contributed by atoms with Crippen LogP contribution in [0.5, 0.6) is 0 Å². The maximum absolute atomic E-state index is 4.71. The molecule has 1 heterocycles. The van der Waals surface area contributed by atoms with E-state index in [4.69, 9.17) is 4.98 Å². The van der Waals surface area contributed by atoms with E-state index in [9.17, 15) is 0 Å². The Bertz CT molecular complexity index is 719. The highest BCUT2D eigenvalue weighted by Crippen LogP contribution is 2.24. The summed E-state index contributed by atoms with van der Waals surface area (Å²) in [5.74, 6) is 0.962. The Balaban J connectivity index is 2.04. The van der Waals surface area contributed by atoms with Gasteiger partial charge in [-0.25, -0.2) is 4.98 Å². The number of benzene rings is 2. The van der Waals surface area contributed by atoms with Crippen molar-refractivity contribution in [3.8, 4) is 0 Å². The van der Waals surface area contributed by atoms with E-state index in [1.165, 1.54) is 10.9 Å². The lowest BCUT2D eigenvalue weighted by atomic mass is 10.2. The van der Waals surface area contributed by atoms with Gasteiger partial charge in [-0.3, -0.25) is 0 Å². The Morgan fingerprint density at radius 1 is 0.895 bits per heavy atom. The van der Waals surface area contributed by atoms with Gasteiger partial charge in [0.15, 0.2) is 0 Å². The fourth-order valence-corrected chi connectivity index (χ4v) is 2.21. The lowest BCUT2D eigenvalue weighted by molar-refractivity contribution is 1.14. The number of hydrogen-bond donors (Lipinski definition) is 0. The van der Waals surface area contributed by atoms with Gasteiger partial charge in [0.1, 0.15) is 5.82 Å². The van der Waals surface area contributed by atoms with E-state index in [0.29, 0.717) is 0 Å². The zero-order valence-electron chi connectivity index (χ0n) is 11.2. The van der Waals surface area contributed by atoms with Crippen LogP contribution in [0.1, 0.15) is 5.56 Å². The van der Waals surface area contributed by atoms with Crippen molar-refractivity contribution in [2.45, 2.75) is 6.92 Å². The van der Waals surface area contributed by atoms with Gasteiger partial charge in [0.2, 0.25) is 0 Å². The van der Waals surface area contributed by atoms with Crippen LogP contribution in [-0.2, 0) is 0 Å². The normalized spacial score (nSPS) is 10.6. The quantitative estimate of drug-likeness (QED) is 0.671. The summed E-state index contributed by atoms with van der Waals surface area (Å²) in [6, 6.07) is 20.8. The highest BCUT2D eigenvalue weighted by atomic mass is 15.2. The Labute approximate surface area is 113 Å². The molecule has 0 aliphatic heterocycles. The number of hydrogen-bond acceptors (Lipinski definition) is 2. The van der Waals surface area contributed by atoms with Crippen LogP contribution in [0, 0.1) is 6.92 Å². The molecule has 1 aromatic heterocycles. The van der Waals surface area contributed by atoms with Gasteiger partial charge in [-0.2, -0.15) is 0 Å². The molecule has 94 valence electrons. The molecule has 0 spiro atoms. The third-order valence-electron chi connectivity index (χ3n) is 3.32. The molecule has 0 aliphatic carbocycles. The van der Waals surface area contributed by atoms with Crippen LogP contribution in [0.3, 0.4) is 0 Å². The van der Waals surface area contributed by atoms with Gasteiger partial charge >= 0.3 is 0 Å². The van der Waals surface area contributed by atoms with Crippen molar-refractivity contribution in [3.05, 3.63) is 66.2 Å². The van der Waals surface area contributed by atoms with Crippen molar-refractivity contribution in [1.29, 1.82) is 0 Å². The van der Waals surface area contributed by atoms with E-state index in [1.54, 1.807) is 0 Å². The summed E-state index contributed by atoms with van der Waals surface area (Å²) in [6.07, 6.45) is 0. The number of fused-ring (bicyclic) bond motifs is 1. The minimum absolute atomic E-state index is 0.962. The van der Waals surface area contributed by atoms with Gasteiger partial charge in [-0.15, -0.1) is 0 Å². The monoisotopic (exact) mass is 248 g/mol. The lowest BCUT2D eigenvalue weighted by Crippen LogP contribution is -2.11. The molecule has 0 fully saturated rings. The fraction of sp³-hybridized carbons (Fsp3) is 0.118. The molecule has 0 N–H and O–H groups in total. The van der Waals surface area contributed by atoms with E-state index < -0.39 is 0 Å². The number of rotatable bonds is 2. The SMILES string of the molecule is Cc1cccc(N(C)c2ccc3ccccc3n2)c1. The highest BCUT2D eigenvalue weighted by Gasteiger charge is 2.06. The van der Waals surface area contributed by atoms with Crippen molar-refractivity contribution >= 4 is 22.4 Å². The molecule has 2 heteroatoms. The molecule has 0 radical (unpaired) electrons. The van der Waals surface area contributed by atoms with Crippen molar-refractivity contribution < 1.29 is 0 Å². The Morgan fingerprint density at radius 2 is 1.74 bits per heavy atom. The van der Waals surface area contributed by atoms with Crippen molar-refractivity contribution in [2.24, 2.45) is 0 Å². The summed E-state index contributed by atoms with van der Waals surface area (Å²) in [6.45, 7) is 2.10. The first-order chi connectivity index (χ1) is 9.24. The fourth-order valence-electron chi connectivity index (χ4n) is 2.21. The van der Waals surface area contributed by atoms with E-state index in [0.717, 1.165) is 17.0 Å². The number of aromatic nitrogens is 1. The van der Waals surface area contributed by atoms with Gasteiger partial charge in [0.25, 0.3) is 0 Å². The summed E-state index contributed by atoms with van der Waals surface area (Å²) in [5, 5.41) is 1.17. The summed E-state index contributed by atoms with van der Waals surface area (Å²) in [7, 11) is 2.05. The van der Waals surface area contributed by atoms with E-state index in [1.807, 2.05) is 25.2 Å². The molecule has 3 rings (SSSR count). The Kier molecular flexibility index (Phi) is 2.92. The highest BCUT2D eigenvalue weighted by molar-refractivity contribution is 5.81. The zero-order valence-corrected chi connectivity index (χ0v) is 11.2. The first-order valence-electron chi connectivity index (χ1n) is 6.40. The molecule has 0 amide bonds. The van der Waals surface area contributed by atoms with Crippen molar-refractivity contribution in [1.82, 2.24) is 4.98 Å². The lowest BCUT2D eigenvalue weighted by Gasteiger charge is -2.19. The second kappa shape index (κ2) is 4.73. The van der Waals surface area contributed by atoms with E-state index in [-0.39, 0.29) is 0 Å². The molecule has 0 bridgehead atoms. The van der Waals surface area contributed by atoms with Crippen LogP contribution in [0.2, 0.25) is 0 Å². The molecule has 0 unspecified atom stereocenters. The average Bonchev–Trinajstić information content (AvgIpc) is 2.46. The summed E-state index contributed by atoms with van der Waals surface area (Å²) >= 11 is 0. The summed E-state index contributed by atoms with van der Waals surface area (Å²) in [5.41, 5.74) is 3.44. The first kappa shape index (κ1) is 11.7. The van der Waals surface area contributed by atoms with Gasteiger partial charge in [-0.05, 0) is 42.8 Å². The average molecular weight is 248 g/mol. The molecule has 2 nitrogen and oxygen atoms in total. The van der Waals surface area contributed by atoms with Crippen LogP contribution < -0.4 is 4.90 Å². The third kappa shape index (κ3) is 2.29. The molecule has 0 aliphatic rings. The molecule has 0 atom stereocenters. The van der Waals surface area contributed by atoms with Gasteiger partial charge in [-0.1, -0.05) is 30.3 Å². The maximum atomic E-state index is 4.71.